The highest BCUT2D eigenvalue weighted by atomic mass is 32.1. The Hall–Kier alpha value is -1.35. The molecule has 2 N–H and O–H groups in total. The predicted octanol–water partition coefficient (Wildman–Crippen LogP) is 1.08. The van der Waals surface area contributed by atoms with E-state index in [1.54, 1.807) is 17.9 Å². The second kappa shape index (κ2) is 5.74. The fourth-order valence-corrected chi connectivity index (χ4v) is 2.85. The molecule has 0 aliphatic carbocycles. The van der Waals surface area contributed by atoms with Gasteiger partial charge in [-0.3, -0.25) is 4.79 Å². The highest BCUT2D eigenvalue weighted by Crippen LogP contribution is 2.24. The Morgan fingerprint density at radius 1 is 1.58 bits per heavy atom. The summed E-state index contributed by atoms with van der Waals surface area (Å²) >= 11 is 1.35. The van der Waals surface area contributed by atoms with Gasteiger partial charge in [-0.25, -0.2) is 0 Å². The van der Waals surface area contributed by atoms with Gasteiger partial charge in [-0.2, -0.15) is 0 Å². The Morgan fingerprint density at radius 3 is 3.00 bits per heavy atom. The zero-order valence-corrected chi connectivity index (χ0v) is 11.7. The van der Waals surface area contributed by atoms with Crippen LogP contribution >= 0.6 is 11.3 Å². The van der Waals surface area contributed by atoms with Gasteiger partial charge < -0.3 is 15.1 Å². The summed E-state index contributed by atoms with van der Waals surface area (Å²) in [6.45, 7) is 2.78. The van der Waals surface area contributed by atoms with Crippen LogP contribution in [0.2, 0.25) is 0 Å². The van der Waals surface area contributed by atoms with E-state index >= 15 is 0 Å². The molecule has 0 bridgehead atoms. The fraction of sp³-hybridized carbons (Fsp3) is 0.500. The molecule has 5 heteroatoms. The molecule has 1 atom stereocenters. The van der Waals surface area contributed by atoms with Crippen molar-refractivity contribution in [1.82, 2.24) is 4.90 Å². The largest absolute Gasteiger partial charge is 0.395 e. The van der Waals surface area contributed by atoms with Crippen LogP contribution in [0.25, 0.3) is 0 Å². The Morgan fingerprint density at radius 2 is 2.37 bits per heavy atom. The average molecular weight is 279 g/mol. The molecule has 4 nitrogen and oxygen atoms in total. The van der Waals surface area contributed by atoms with E-state index in [0.717, 1.165) is 4.88 Å². The Kier molecular flexibility index (Phi) is 4.25. The van der Waals surface area contributed by atoms with Crippen molar-refractivity contribution in [3.05, 3.63) is 21.9 Å². The number of hydrogen-bond donors (Lipinski definition) is 2. The van der Waals surface area contributed by atoms with E-state index in [0.29, 0.717) is 30.8 Å². The summed E-state index contributed by atoms with van der Waals surface area (Å²) in [7, 11) is 0. The molecule has 19 heavy (non-hydrogen) atoms. The molecule has 1 aliphatic rings. The minimum Gasteiger partial charge on any atom is -0.395 e. The summed E-state index contributed by atoms with van der Waals surface area (Å²) in [5.41, 5.74) is -0.767. The molecule has 1 aliphatic heterocycles. The third kappa shape index (κ3) is 3.57. The van der Waals surface area contributed by atoms with Crippen molar-refractivity contribution < 1.29 is 15.0 Å². The molecular weight excluding hydrogens is 262 g/mol. The lowest BCUT2D eigenvalue weighted by Crippen LogP contribution is -2.33. The van der Waals surface area contributed by atoms with Crippen molar-refractivity contribution in [2.45, 2.75) is 25.4 Å². The predicted molar refractivity (Wildman–Crippen MR) is 74.0 cm³/mol. The molecule has 1 amide bonds. The second-order valence-electron chi connectivity index (χ2n) is 4.91. The quantitative estimate of drug-likeness (QED) is 0.796. The number of β-amino-alcohol motifs (C(OH)–C–C–N with tert-alkyl or cyclic N) is 1. The van der Waals surface area contributed by atoms with Gasteiger partial charge in [-0.05, 0) is 25.5 Å². The van der Waals surface area contributed by atoms with Crippen molar-refractivity contribution in [3.63, 3.8) is 0 Å². The smallest absolute Gasteiger partial charge is 0.264 e. The van der Waals surface area contributed by atoms with Crippen LogP contribution < -0.4 is 0 Å². The van der Waals surface area contributed by atoms with Crippen molar-refractivity contribution in [2.24, 2.45) is 0 Å². The summed E-state index contributed by atoms with van der Waals surface area (Å²) in [5.74, 6) is 5.70. The standard InChI is InChI=1S/C14H17NO3S/c1-14(18)7-8-15(10-14)13(17)12-6-5-11(19-12)4-2-3-9-16/h5-6,16,18H,3,7-10H2,1H3. The maximum absolute atomic E-state index is 12.2. The molecule has 0 spiro atoms. The minimum atomic E-state index is -0.767. The Bertz CT molecular complexity index is 524. The number of amides is 1. The van der Waals surface area contributed by atoms with E-state index < -0.39 is 5.60 Å². The van der Waals surface area contributed by atoms with E-state index in [1.807, 2.05) is 6.07 Å². The second-order valence-corrected chi connectivity index (χ2v) is 6.00. The summed E-state index contributed by atoms with van der Waals surface area (Å²) in [6.07, 6.45) is 1.06. The van der Waals surface area contributed by atoms with Crippen molar-refractivity contribution >= 4 is 17.2 Å². The Balaban J connectivity index is 2.03. The summed E-state index contributed by atoms with van der Waals surface area (Å²) in [6, 6.07) is 3.58. The Labute approximate surface area is 116 Å². The molecule has 102 valence electrons. The van der Waals surface area contributed by atoms with Gasteiger partial charge in [0.25, 0.3) is 5.91 Å². The first-order valence-electron chi connectivity index (χ1n) is 6.23. The van der Waals surface area contributed by atoms with Crippen LogP contribution in [0.15, 0.2) is 12.1 Å². The van der Waals surface area contributed by atoms with Gasteiger partial charge in [-0.1, -0.05) is 11.8 Å². The third-order valence-corrected chi connectivity index (χ3v) is 3.99. The number of carbonyl (C=O) groups excluding carboxylic acids is 1. The van der Waals surface area contributed by atoms with Crippen molar-refractivity contribution in [3.8, 4) is 11.8 Å². The first kappa shape index (κ1) is 14.1. The van der Waals surface area contributed by atoms with Gasteiger partial charge in [0.15, 0.2) is 0 Å². The molecule has 2 heterocycles. The van der Waals surface area contributed by atoms with E-state index in [1.165, 1.54) is 11.3 Å². The van der Waals surface area contributed by atoms with Crippen LogP contribution in [0.4, 0.5) is 0 Å². The average Bonchev–Trinajstić information content (AvgIpc) is 2.95. The van der Waals surface area contributed by atoms with Crippen LogP contribution in [0.5, 0.6) is 0 Å². The van der Waals surface area contributed by atoms with Crippen LogP contribution in [-0.4, -0.2) is 46.3 Å². The van der Waals surface area contributed by atoms with Gasteiger partial charge >= 0.3 is 0 Å². The van der Waals surface area contributed by atoms with E-state index in [2.05, 4.69) is 11.8 Å². The topological polar surface area (TPSA) is 60.8 Å². The van der Waals surface area contributed by atoms with Crippen molar-refractivity contribution in [1.29, 1.82) is 0 Å². The van der Waals surface area contributed by atoms with Crippen LogP contribution in [-0.2, 0) is 0 Å². The number of likely N-dealkylation sites (tertiary alicyclic amines) is 1. The zero-order chi connectivity index (χ0) is 13.9. The van der Waals surface area contributed by atoms with Crippen LogP contribution in [0.3, 0.4) is 0 Å². The molecular formula is C14H17NO3S. The molecule has 1 aromatic rings. The first-order chi connectivity index (χ1) is 9.02. The molecule has 0 radical (unpaired) electrons. The number of aliphatic hydroxyl groups is 2. The van der Waals surface area contributed by atoms with E-state index in [9.17, 15) is 9.90 Å². The number of nitrogens with zero attached hydrogens (tertiary/aromatic N) is 1. The van der Waals surface area contributed by atoms with Gasteiger partial charge in [0.05, 0.1) is 22.0 Å². The van der Waals surface area contributed by atoms with E-state index in [-0.39, 0.29) is 12.5 Å². The van der Waals surface area contributed by atoms with Gasteiger partial charge in [0, 0.05) is 19.5 Å². The number of hydrogen-bond acceptors (Lipinski definition) is 4. The highest BCUT2D eigenvalue weighted by molar-refractivity contribution is 7.14. The maximum atomic E-state index is 12.2. The number of thiophene rings is 1. The van der Waals surface area contributed by atoms with E-state index in [4.69, 9.17) is 5.11 Å². The first-order valence-corrected chi connectivity index (χ1v) is 7.05. The monoisotopic (exact) mass is 279 g/mol. The summed E-state index contributed by atoms with van der Waals surface area (Å²) in [5, 5.41) is 18.5. The fourth-order valence-electron chi connectivity index (χ4n) is 2.00. The van der Waals surface area contributed by atoms with Gasteiger partial charge in [-0.15, -0.1) is 11.3 Å². The molecule has 1 fully saturated rings. The zero-order valence-electron chi connectivity index (χ0n) is 10.8. The normalized spacial score (nSPS) is 22.2. The number of aliphatic hydroxyl groups excluding tert-OH is 1. The SMILES string of the molecule is CC1(O)CCN(C(=O)c2ccc(C#CCCO)s2)C1. The van der Waals surface area contributed by atoms with Gasteiger partial charge in [0.1, 0.15) is 0 Å². The molecule has 1 aromatic heterocycles. The summed E-state index contributed by atoms with van der Waals surface area (Å²) in [4.78, 5) is 15.4. The lowest BCUT2D eigenvalue weighted by molar-refractivity contribution is 0.0575. The molecule has 1 saturated heterocycles. The lowest BCUT2D eigenvalue weighted by Gasteiger charge is -2.18. The van der Waals surface area contributed by atoms with Crippen molar-refractivity contribution in [2.75, 3.05) is 19.7 Å². The molecule has 1 unspecified atom stereocenters. The molecule has 0 saturated carbocycles. The van der Waals surface area contributed by atoms with Crippen LogP contribution in [0.1, 0.15) is 34.3 Å². The highest BCUT2D eigenvalue weighted by Gasteiger charge is 2.34. The molecule has 2 rings (SSSR count). The van der Waals surface area contributed by atoms with Crippen LogP contribution in [0, 0.1) is 11.8 Å². The minimum absolute atomic E-state index is 0.0435. The number of carbonyl (C=O) groups is 1. The maximum Gasteiger partial charge on any atom is 0.264 e. The van der Waals surface area contributed by atoms with Gasteiger partial charge in [0.2, 0.25) is 0 Å². The molecule has 0 aromatic carbocycles. The lowest BCUT2D eigenvalue weighted by atomic mass is 10.1. The third-order valence-electron chi connectivity index (χ3n) is 3.00. The number of rotatable bonds is 2. The summed E-state index contributed by atoms with van der Waals surface area (Å²) < 4.78 is 0.